The lowest BCUT2D eigenvalue weighted by atomic mass is 10.1. The standard InChI is InChI=1S/C13H13FN4O3/c1-18(7-10-15-5-6-16-10)13(21)17-11-8(12(19)20)3-2-4-9(11)14/h2-6H,7H2,1H3,(H,15,16)(H,17,21)(H,19,20). The molecule has 1 aromatic carbocycles. The van der Waals surface area contributed by atoms with Crippen LogP contribution in [0.4, 0.5) is 14.9 Å². The van der Waals surface area contributed by atoms with Gasteiger partial charge in [-0.25, -0.2) is 19.0 Å². The summed E-state index contributed by atoms with van der Waals surface area (Å²) in [5.74, 6) is -1.58. The second kappa shape index (κ2) is 6.04. The molecule has 0 saturated heterocycles. The number of amides is 2. The molecule has 0 radical (unpaired) electrons. The van der Waals surface area contributed by atoms with Crippen molar-refractivity contribution >= 4 is 17.7 Å². The fourth-order valence-corrected chi connectivity index (χ4v) is 1.71. The molecule has 8 heteroatoms. The third-order valence-corrected chi connectivity index (χ3v) is 2.76. The minimum absolute atomic E-state index is 0.176. The van der Waals surface area contributed by atoms with E-state index in [0.29, 0.717) is 5.82 Å². The first-order chi connectivity index (χ1) is 9.99. The van der Waals surface area contributed by atoms with E-state index in [1.165, 1.54) is 24.1 Å². The topological polar surface area (TPSA) is 98.3 Å². The summed E-state index contributed by atoms with van der Waals surface area (Å²) in [5, 5.41) is 11.3. The van der Waals surface area contributed by atoms with Gasteiger partial charge in [-0.05, 0) is 12.1 Å². The number of aromatic amines is 1. The quantitative estimate of drug-likeness (QED) is 0.801. The number of nitrogens with zero attached hydrogens (tertiary/aromatic N) is 2. The lowest BCUT2D eigenvalue weighted by molar-refractivity contribution is 0.0697. The Morgan fingerprint density at radius 3 is 2.86 bits per heavy atom. The number of halogens is 1. The molecule has 0 spiro atoms. The molecule has 0 fully saturated rings. The van der Waals surface area contributed by atoms with E-state index in [4.69, 9.17) is 5.11 Å². The van der Waals surface area contributed by atoms with Crippen molar-refractivity contribution in [3.63, 3.8) is 0 Å². The molecule has 110 valence electrons. The third-order valence-electron chi connectivity index (χ3n) is 2.76. The van der Waals surface area contributed by atoms with Gasteiger partial charge in [-0.1, -0.05) is 6.07 Å². The highest BCUT2D eigenvalue weighted by Crippen LogP contribution is 2.20. The van der Waals surface area contributed by atoms with Gasteiger partial charge in [0, 0.05) is 19.4 Å². The van der Waals surface area contributed by atoms with Gasteiger partial charge < -0.3 is 20.3 Å². The van der Waals surface area contributed by atoms with E-state index in [9.17, 15) is 14.0 Å². The Morgan fingerprint density at radius 1 is 1.48 bits per heavy atom. The van der Waals surface area contributed by atoms with E-state index in [2.05, 4.69) is 15.3 Å². The number of hydrogen-bond donors (Lipinski definition) is 3. The number of para-hydroxylation sites is 1. The van der Waals surface area contributed by atoms with Crippen molar-refractivity contribution in [1.82, 2.24) is 14.9 Å². The van der Waals surface area contributed by atoms with E-state index >= 15 is 0 Å². The highest BCUT2D eigenvalue weighted by molar-refractivity contribution is 6.00. The average molecular weight is 292 g/mol. The van der Waals surface area contributed by atoms with Crippen molar-refractivity contribution in [2.45, 2.75) is 6.54 Å². The number of hydrogen-bond acceptors (Lipinski definition) is 3. The number of imidazole rings is 1. The summed E-state index contributed by atoms with van der Waals surface area (Å²) >= 11 is 0. The zero-order chi connectivity index (χ0) is 15.4. The zero-order valence-corrected chi connectivity index (χ0v) is 11.1. The van der Waals surface area contributed by atoms with Crippen molar-refractivity contribution in [2.75, 3.05) is 12.4 Å². The van der Waals surface area contributed by atoms with Gasteiger partial charge in [0.2, 0.25) is 0 Å². The molecule has 2 amide bonds. The van der Waals surface area contributed by atoms with E-state index in [-0.39, 0.29) is 17.8 Å². The van der Waals surface area contributed by atoms with Gasteiger partial charge in [0.1, 0.15) is 11.6 Å². The Balaban J connectivity index is 2.14. The number of carboxylic acid groups (broad SMARTS) is 1. The lowest BCUT2D eigenvalue weighted by Gasteiger charge is -2.18. The number of nitrogens with one attached hydrogen (secondary N) is 2. The number of urea groups is 1. The Hall–Kier alpha value is -2.90. The molecule has 7 nitrogen and oxygen atoms in total. The number of benzene rings is 1. The highest BCUT2D eigenvalue weighted by atomic mass is 19.1. The van der Waals surface area contributed by atoms with Crippen LogP contribution in [0.2, 0.25) is 0 Å². The maximum atomic E-state index is 13.7. The summed E-state index contributed by atoms with van der Waals surface area (Å²) in [4.78, 5) is 31.1. The van der Waals surface area contributed by atoms with Crippen LogP contribution < -0.4 is 5.32 Å². The first-order valence-corrected chi connectivity index (χ1v) is 6.01. The molecule has 0 unspecified atom stereocenters. The van der Waals surface area contributed by atoms with E-state index in [1.807, 2.05) is 0 Å². The number of carboxylic acids is 1. The first kappa shape index (κ1) is 14.5. The summed E-state index contributed by atoms with van der Waals surface area (Å²) in [7, 11) is 1.49. The number of anilines is 1. The van der Waals surface area contributed by atoms with Gasteiger partial charge >= 0.3 is 12.0 Å². The summed E-state index contributed by atoms with van der Waals surface area (Å²) < 4.78 is 13.7. The molecule has 2 rings (SSSR count). The van der Waals surface area contributed by atoms with Gasteiger partial charge in [-0.2, -0.15) is 0 Å². The highest BCUT2D eigenvalue weighted by Gasteiger charge is 2.18. The number of H-pyrrole nitrogens is 1. The number of carbonyl (C=O) groups is 2. The predicted molar refractivity (Wildman–Crippen MR) is 72.4 cm³/mol. The molecule has 2 aromatic rings. The number of rotatable bonds is 4. The van der Waals surface area contributed by atoms with Crippen LogP contribution in [0.15, 0.2) is 30.6 Å². The summed E-state index contributed by atoms with van der Waals surface area (Å²) in [6.45, 7) is 0.176. The first-order valence-electron chi connectivity index (χ1n) is 6.01. The fourth-order valence-electron chi connectivity index (χ4n) is 1.71. The van der Waals surface area contributed by atoms with Gasteiger partial charge in [-0.3, -0.25) is 0 Å². The van der Waals surface area contributed by atoms with Crippen LogP contribution in [-0.2, 0) is 6.54 Å². The predicted octanol–water partition coefficient (Wildman–Crippen LogP) is 1.91. The van der Waals surface area contributed by atoms with Crippen LogP contribution in [0.1, 0.15) is 16.2 Å². The molecule has 0 aliphatic carbocycles. The minimum Gasteiger partial charge on any atom is -0.478 e. The maximum Gasteiger partial charge on any atom is 0.337 e. The lowest BCUT2D eigenvalue weighted by Crippen LogP contribution is -2.32. The number of aromatic nitrogens is 2. The van der Waals surface area contributed by atoms with Crippen molar-refractivity contribution in [1.29, 1.82) is 0 Å². The van der Waals surface area contributed by atoms with Gasteiger partial charge in [0.25, 0.3) is 0 Å². The largest absolute Gasteiger partial charge is 0.478 e. The molecular weight excluding hydrogens is 279 g/mol. The average Bonchev–Trinajstić information content (AvgIpc) is 2.93. The van der Waals surface area contributed by atoms with Gasteiger partial charge in [0.15, 0.2) is 0 Å². The van der Waals surface area contributed by atoms with E-state index in [0.717, 1.165) is 6.07 Å². The van der Waals surface area contributed by atoms with Crippen LogP contribution >= 0.6 is 0 Å². The smallest absolute Gasteiger partial charge is 0.337 e. The van der Waals surface area contributed by atoms with Crippen LogP contribution in [0.5, 0.6) is 0 Å². The van der Waals surface area contributed by atoms with Crippen molar-refractivity contribution in [3.05, 3.63) is 47.8 Å². The Morgan fingerprint density at radius 2 is 2.24 bits per heavy atom. The molecule has 0 atom stereocenters. The number of carbonyl (C=O) groups excluding carboxylic acids is 1. The molecular formula is C13H13FN4O3. The Labute approximate surface area is 119 Å². The van der Waals surface area contributed by atoms with Gasteiger partial charge in [-0.15, -0.1) is 0 Å². The van der Waals surface area contributed by atoms with E-state index < -0.39 is 17.8 Å². The molecule has 1 heterocycles. The van der Waals surface area contributed by atoms with Crippen molar-refractivity contribution in [3.8, 4) is 0 Å². The Bertz CT molecular complexity index is 657. The fraction of sp³-hybridized carbons (Fsp3) is 0.154. The van der Waals surface area contributed by atoms with Crippen LogP contribution in [-0.4, -0.2) is 39.0 Å². The monoisotopic (exact) mass is 292 g/mol. The third kappa shape index (κ3) is 3.35. The Kier molecular flexibility index (Phi) is 4.17. The van der Waals surface area contributed by atoms with Crippen LogP contribution in [0, 0.1) is 5.82 Å². The SMILES string of the molecule is CN(Cc1ncc[nH]1)C(=O)Nc1c(F)cccc1C(=O)O. The molecule has 0 aliphatic heterocycles. The molecule has 3 N–H and O–H groups in total. The van der Waals surface area contributed by atoms with Crippen molar-refractivity contribution in [2.24, 2.45) is 0 Å². The van der Waals surface area contributed by atoms with Crippen molar-refractivity contribution < 1.29 is 19.1 Å². The van der Waals surface area contributed by atoms with Crippen LogP contribution in [0.3, 0.4) is 0 Å². The second-order valence-electron chi connectivity index (χ2n) is 4.29. The molecule has 1 aromatic heterocycles. The normalized spacial score (nSPS) is 10.2. The molecule has 21 heavy (non-hydrogen) atoms. The number of aromatic carboxylic acids is 1. The molecule has 0 bridgehead atoms. The maximum absolute atomic E-state index is 13.7. The summed E-state index contributed by atoms with van der Waals surface area (Å²) in [6.07, 6.45) is 3.15. The molecule has 0 saturated carbocycles. The summed E-state index contributed by atoms with van der Waals surface area (Å²) in [6, 6.07) is 2.92. The van der Waals surface area contributed by atoms with Crippen LogP contribution in [0.25, 0.3) is 0 Å². The molecule has 0 aliphatic rings. The van der Waals surface area contributed by atoms with E-state index in [1.54, 1.807) is 12.4 Å². The second-order valence-corrected chi connectivity index (χ2v) is 4.29. The minimum atomic E-state index is -1.32. The zero-order valence-electron chi connectivity index (χ0n) is 11.1. The van der Waals surface area contributed by atoms with Gasteiger partial charge in [0.05, 0.1) is 17.8 Å². The summed E-state index contributed by atoms with van der Waals surface area (Å²) in [5.41, 5.74) is -0.670.